The van der Waals surface area contributed by atoms with Crippen molar-refractivity contribution in [2.75, 3.05) is 5.32 Å². The molecule has 0 aliphatic heterocycles. The van der Waals surface area contributed by atoms with Gasteiger partial charge in [0.2, 0.25) is 0 Å². The van der Waals surface area contributed by atoms with Crippen LogP contribution in [0.1, 0.15) is 33.1 Å². The number of nitrogens with one attached hydrogen (secondary N) is 1. The Balaban J connectivity index is 2.23. The lowest BCUT2D eigenvalue weighted by Crippen LogP contribution is -2.30. The van der Waals surface area contributed by atoms with Crippen LogP contribution < -0.4 is 5.32 Å². The van der Waals surface area contributed by atoms with Gasteiger partial charge in [0.15, 0.2) is 5.82 Å². The summed E-state index contributed by atoms with van der Waals surface area (Å²) >= 11 is 0. The van der Waals surface area contributed by atoms with E-state index in [4.69, 9.17) is 0 Å². The van der Waals surface area contributed by atoms with Crippen molar-refractivity contribution in [3.05, 3.63) is 33.9 Å². The normalized spacial score (nSPS) is 26.3. The highest BCUT2D eigenvalue weighted by atomic mass is 19.1. The van der Waals surface area contributed by atoms with Crippen LogP contribution in [0.4, 0.5) is 20.2 Å². The third kappa shape index (κ3) is 3.05. The summed E-state index contributed by atoms with van der Waals surface area (Å²) in [6.45, 7) is 4.29. The summed E-state index contributed by atoms with van der Waals surface area (Å²) < 4.78 is 26.9. The molecule has 1 aliphatic carbocycles. The molecule has 4 nitrogen and oxygen atoms in total. The van der Waals surface area contributed by atoms with Crippen LogP contribution >= 0.6 is 0 Å². The van der Waals surface area contributed by atoms with Gasteiger partial charge in [0.05, 0.1) is 11.0 Å². The lowest BCUT2D eigenvalue weighted by Gasteiger charge is -2.33. The molecule has 2 rings (SSSR count). The second-order valence-corrected chi connectivity index (χ2v) is 5.65. The van der Waals surface area contributed by atoms with Gasteiger partial charge < -0.3 is 5.32 Å². The zero-order valence-corrected chi connectivity index (χ0v) is 11.5. The minimum Gasteiger partial charge on any atom is -0.374 e. The summed E-state index contributed by atoms with van der Waals surface area (Å²) in [5.74, 6) is -0.779. The molecular formula is C14H18F2N2O2. The van der Waals surface area contributed by atoms with Gasteiger partial charge in [-0.25, -0.2) is 8.78 Å². The molecule has 0 saturated heterocycles. The van der Waals surface area contributed by atoms with Crippen LogP contribution in [0, 0.1) is 33.6 Å². The lowest BCUT2D eigenvalue weighted by atomic mass is 9.79. The zero-order chi connectivity index (χ0) is 14.9. The van der Waals surface area contributed by atoms with Crippen LogP contribution in [0.15, 0.2) is 12.1 Å². The average Bonchev–Trinajstić information content (AvgIpc) is 2.36. The standard InChI is InChI=1S/C14H18F2N2O2/c1-8-3-4-11(5-9(8)2)17-14-12(16)6-10(15)7-13(14)18(19)20/h6-9,11,17H,3-5H2,1-2H3. The van der Waals surface area contributed by atoms with Crippen molar-refractivity contribution in [1.29, 1.82) is 0 Å². The molecule has 20 heavy (non-hydrogen) atoms. The molecule has 0 bridgehead atoms. The van der Waals surface area contributed by atoms with Gasteiger partial charge in [0.1, 0.15) is 11.5 Å². The molecule has 1 fully saturated rings. The van der Waals surface area contributed by atoms with Crippen LogP contribution in [0.25, 0.3) is 0 Å². The summed E-state index contributed by atoms with van der Waals surface area (Å²) in [6.07, 6.45) is 2.66. The lowest BCUT2D eigenvalue weighted by molar-refractivity contribution is -0.384. The van der Waals surface area contributed by atoms with Gasteiger partial charge in [-0.15, -0.1) is 0 Å². The summed E-state index contributed by atoms with van der Waals surface area (Å²) in [6, 6.07) is 1.41. The Morgan fingerprint density at radius 3 is 2.55 bits per heavy atom. The average molecular weight is 284 g/mol. The predicted octanol–water partition coefficient (Wildman–Crippen LogP) is 4.11. The van der Waals surface area contributed by atoms with E-state index in [1.165, 1.54) is 0 Å². The quantitative estimate of drug-likeness (QED) is 0.671. The Kier molecular flexibility index (Phi) is 4.20. The molecule has 1 aromatic carbocycles. The second-order valence-electron chi connectivity index (χ2n) is 5.65. The van der Waals surface area contributed by atoms with Gasteiger partial charge in [0.25, 0.3) is 5.69 Å². The first-order valence-electron chi connectivity index (χ1n) is 6.78. The summed E-state index contributed by atoms with van der Waals surface area (Å²) in [5.41, 5.74) is -0.753. The largest absolute Gasteiger partial charge is 0.374 e. The predicted molar refractivity (Wildman–Crippen MR) is 72.6 cm³/mol. The van der Waals surface area contributed by atoms with Crippen molar-refractivity contribution in [2.45, 2.75) is 39.2 Å². The number of halogens is 2. The molecule has 0 amide bonds. The molecule has 0 spiro atoms. The van der Waals surface area contributed by atoms with E-state index in [-0.39, 0.29) is 11.7 Å². The molecule has 0 heterocycles. The van der Waals surface area contributed by atoms with Crippen molar-refractivity contribution < 1.29 is 13.7 Å². The highest BCUT2D eigenvalue weighted by Crippen LogP contribution is 2.34. The SMILES string of the molecule is CC1CCC(Nc2c(F)cc(F)cc2[N+](=O)[O-])CC1C. The maximum atomic E-state index is 13.8. The van der Waals surface area contributed by atoms with Crippen LogP contribution in [-0.4, -0.2) is 11.0 Å². The molecule has 3 atom stereocenters. The smallest absolute Gasteiger partial charge is 0.298 e. The van der Waals surface area contributed by atoms with E-state index in [9.17, 15) is 18.9 Å². The number of benzene rings is 1. The highest BCUT2D eigenvalue weighted by molar-refractivity contribution is 5.63. The number of nitro groups is 1. The van der Waals surface area contributed by atoms with Crippen LogP contribution in [0.2, 0.25) is 0 Å². The van der Waals surface area contributed by atoms with E-state index in [1.54, 1.807) is 0 Å². The summed E-state index contributed by atoms with van der Waals surface area (Å²) in [5, 5.41) is 13.8. The van der Waals surface area contributed by atoms with Crippen molar-refractivity contribution in [1.82, 2.24) is 0 Å². The molecule has 1 saturated carbocycles. The molecule has 1 aliphatic rings. The second kappa shape index (κ2) is 5.73. The Hall–Kier alpha value is -1.72. The van der Waals surface area contributed by atoms with E-state index in [0.29, 0.717) is 17.9 Å². The van der Waals surface area contributed by atoms with Crippen molar-refractivity contribution in [3.8, 4) is 0 Å². The topological polar surface area (TPSA) is 55.2 Å². The Labute approximate surface area is 116 Å². The minimum absolute atomic E-state index is 0.0140. The molecule has 1 aromatic rings. The number of anilines is 1. The van der Waals surface area contributed by atoms with Gasteiger partial charge in [0, 0.05) is 12.1 Å². The van der Waals surface area contributed by atoms with Crippen molar-refractivity contribution >= 4 is 11.4 Å². The van der Waals surface area contributed by atoms with E-state index in [1.807, 2.05) is 0 Å². The van der Waals surface area contributed by atoms with Gasteiger partial charge in [-0.3, -0.25) is 10.1 Å². The molecule has 110 valence electrons. The van der Waals surface area contributed by atoms with Gasteiger partial charge in [-0.2, -0.15) is 0 Å². The van der Waals surface area contributed by atoms with Gasteiger partial charge in [-0.05, 0) is 31.1 Å². The van der Waals surface area contributed by atoms with E-state index in [2.05, 4.69) is 19.2 Å². The summed E-state index contributed by atoms with van der Waals surface area (Å²) in [4.78, 5) is 10.2. The fourth-order valence-corrected chi connectivity index (χ4v) is 2.73. The first-order chi connectivity index (χ1) is 9.38. The monoisotopic (exact) mass is 284 g/mol. The molecule has 0 radical (unpaired) electrons. The first kappa shape index (κ1) is 14.7. The van der Waals surface area contributed by atoms with E-state index in [0.717, 1.165) is 25.3 Å². The number of nitro benzene ring substituents is 1. The van der Waals surface area contributed by atoms with Crippen LogP contribution in [-0.2, 0) is 0 Å². The number of rotatable bonds is 3. The van der Waals surface area contributed by atoms with E-state index >= 15 is 0 Å². The fourth-order valence-electron chi connectivity index (χ4n) is 2.73. The Morgan fingerprint density at radius 2 is 1.95 bits per heavy atom. The van der Waals surface area contributed by atoms with Crippen LogP contribution in [0.5, 0.6) is 0 Å². The maximum absolute atomic E-state index is 13.8. The number of hydrogen-bond donors (Lipinski definition) is 1. The van der Waals surface area contributed by atoms with Crippen molar-refractivity contribution in [3.63, 3.8) is 0 Å². The maximum Gasteiger partial charge on any atom is 0.298 e. The fraction of sp³-hybridized carbons (Fsp3) is 0.571. The minimum atomic E-state index is -0.939. The van der Waals surface area contributed by atoms with E-state index < -0.39 is 22.2 Å². The summed E-state index contributed by atoms with van der Waals surface area (Å²) in [7, 11) is 0. The molecule has 0 aromatic heterocycles. The van der Waals surface area contributed by atoms with Crippen molar-refractivity contribution in [2.24, 2.45) is 11.8 Å². The highest BCUT2D eigenvalue weighted by Gasteiger charge is 2.28. The van der Waals surface area contributed by atoms with Crippen LogP contribution in [0.3, 0.4) is 0 Å². The Bertz CT molecular complexity index is 522. The molecular weight excluding hydrogens is 266 g/mol. The first-order valence-corrected chi connectivity index (χ1v) is 6.78. The number of nitrogens with zero attached hydrogens (tertiary/aromatic N) is 1. The zero-order valence-electron chi connectivity index (χ0n) is 11.5. The molecule has 3 unspecified atom stereocenters. The van der Waals surface area contributed by atoms with Gasteiger partial charge in [-0.1, -0.05) is 13.8 Å². The Morgan fingerprint density at radius 1 is 1.25 bits per heavy atom. The number of hydrogen-bond acceptors (Lipinski definition) is 3. The molecule has 1 N–H and O–H groups in total. The molecule has 6 heteroatoms. The third-order valence-electron chi connectivity index (χ3n) is 4.18. The van der Waals surface area contributed by atoms with Gasteiger partial charge >= 0.3 is 0 Å². The third-order valence-corrected chi connectivity index (χ3v) is 4.18.